The molecule has 0 heterocycles. The molecule has 0 aromatic heterocycles. The van der Waals surface area contributed by atoms with Gasteiger partial charge in [-0.1, -0.05) is 35.9 Å². The number of ketones is 1. The van der Waals surface area contributed by atoms with Gasteiger partial charge in [0.25, 0.3) is 0 Å². The van der Waals surface area contributed by atoms with Gasteiger partial charge in [0.15, 0.2) is 5.78 Å². The SMILES string of the molecule is Cc1cc(C)c(C=CCO[P+](=O)CC(=O)CC(=O)O)c(-c2ccc(F)c(C)c2)c1. The molecule has 1 atom stereocenters. The molecule has 0 amide bonds. The third-order valence-electron chi connectivity index (χ3n) is 4.25. The molecule has 1 N–H and O–H groups in total. The molecule has 0 saturated heterocycles. The van der Waals surface area contributed by atoms with Crippen LogP contribution in [0.1, 0.15) is 28.7 Å². The minimum Gasteiger partial charge on any atom is -0.481 e. The van der Waals surface area contributed by atoms with Crippen molar-refractivity contribution in [2.75, 3.05) is 12.8 Å². The molecule has 2 aromatic carbocycles. The predicted octanol–water partition coefficient (Wildman–Crippen LogP) is 5.23. The minimum atomic E-state index is -2.26. The van der Waals surface area contributed by atoms with Gasteiger partial charge >= 0.3 is 14.0 Å². The van der Waals surface area contributed by atoms with Crippen molar-refractivity contribution in [1.82, 2.24) is 0 Å². The average molecular weight is 417 g/mol. The molecule has 2 aromatic rings. The molecule has 5 nitrogen and oxygen atoms in total. The zero-order chi connectivity index (χ0) is 21.6. The molecule has 2 rings (SSSR count). The fourth-order valence-corrected chi connectivity index (χ4v) is 3.70. The molecule has 29 heavy (non-hydrogen) atoms. The Kier molecular flexibility index (Phi) is 7.94. The number of Topliss-reactive ketones (excluding diaryl/α,β-unsaturated/α-hetero) is 1. The molecule has 0 saturated carbocycles. The fraction of sp³-hybridized carbons (Fsp3) is 0.273. The topological polar surface area (TPSA) is 80.7 Å². The maximum Gasteiger partial charge on any atom is 0.516 e. The number of carbonyl (C=O) groups is 2. The first-order chi connectivity index (χ1) is 13.7. The second kappa shape index (κ2) is 10.2. The summed E-state index contributed by atoms with van der Waals surface area (Å²) < 4.78 is 30.5. The smallest absolute Gasteiger partial charge is 0.481 e. The monoisotopic (exact) mass is 417 g/mol. The summed E-state index contributed by atoms with van der Waals surface area (Å²) in [7, 11) is -2.26. The van der Waals surface area contributed by atoms with Crippen LogP contribution in [0.25, 0.3) is 17.2 Å². The van der Waals surface area contributed by atoms with Crippen molar-refractivity contribution in [3.8, 4) is 11.1 Å². The van der Waals surface area contributed by atoms with Crippen LogP contribution >= 0.6 is 8.03 Å². The van der Waals surface area contributed by atoms with Gasteiger partial charge in [-0.2, -0.15) is 0 Å². The maximum atomic E-state index is 13.6. The maximum absolute atomic E-state index is 13.6. The second-order valence-corrected chi connectivity index (χ2v) is 8.05. The molecule has 0 bridgehead atoms. The van der Waals surface area contributed by atoms with Gasteiger partial charge in [-0.15, -0.1) is 4.52 Å². The van der Waals surface area contributed by atoms with Gasteiger partial charge in [0.05, 0.1) is 0 Å². The van der Waals surface area contributed by atoms with E-state index >= 15 is 0 Å². The fourth-order valence-electron chi connectivity index (χ4n) is 2.96. The number of hydrogen-bond donors (Lipinski definition) is 1. The first-order valence-corrected chi connectivity index (χ1v) is 10.4. The highest BCUT2D eigenvalue weighted by Gasteiger charge is 2.24. The number of rotatable bonds is 9. The summed E-state index contributed by atoms with van der Waals surface area (Å²) in [5.41, 5.74) is 5.43. The van der Waals surface area contributed by atoms with Crippen LogP contribution in [0.5, 0.6) is 0 Å². The van der Waals surface area contributed by atoms with E-state index < -0.39 is 32.4 Å². The second-order valence-electron chi connectivity index (χ2n) is 6.81. The van der Waals surface area contributed by atoms with Gasteiger partial charge in [-0.25, -0.2) is 4.39 Å². The molecular weight excluding hydrogens is 394 g/mol. The highest BCUT2D eigenvalue weighted by Crippen LogP contribution is 2.30. The molecule has 0 fully saturated rings. The molecule has 0 spiro atoms. The summed E-state index contributed by atoms with van der Waals surface area (Å²) in [5.74, 6) is -2.15. The first-order valence-electron chi connectivity index (χ1n) is 9.02. The lowest BCUT2D eigenvalue weighted by Crippen LogP contribution is -2.09. The Bertz CT molecular complexity index is 981. The lowest BCUT2D eigenvalue weighted by atomic mass is 9.92. The Labute approximate surface area is 170 Å². The number of aliphatic carboxylic acids is 1. The third-order valence-corrected chi connectivity index (χ3v) is 5.30. The van der Waals surface area contributed by atoms with Crippen LogP contribution in [0.4, 0.5) is 4.39 Å². The molecule has 0 aliphatic heterocycles. The van der Waals surface area contributed by atoms with E-state index in [4.69, 9.17) is 9.63 Å². The van der Waals surface area contributed by atoms with Gasteiger partial charge in [-0.3, -0.25) is 9.59 Å². The van der Waals surface area contributed by atoms with Gasteiger partial charge in [0.2, 0.25) is 6.16 Å². The van der Waals surface area contributed by atoms with Gasteiger partial charge < -0.3 is 5.11 Å². The summed E-state index contributed by atoms with van der Waals surface area (Å²) in [4.78, 5) is 21.8. The van der Waals surface area contributed by atoms with E-state index in [1.807, 2.05) is 32.1 Å². The van der Waals surface area contributed by atoms with Crippen molar-refractivity contribution in [2.45, 2.75) is 27.2 Å². The van der Waals surface area contributed by atoms with Gasteiger partial charge in [0, 0.05) is 0 Å². The predicted molar refractivity (Wildman–Crippen MR) is 111 cm³/mol. The van der Waals surface area contributed by atoms with Crippen LogP contribution in [-0.4, -0.2) is 29.6 Å². The van der Waals surface area contributed by atoms with E-state index in [1.165, 1.54) is 6.07 Å². The van der Waals surface area contributed by atoms with Crippen molar-refractivity contribution in [1.29, 1.82) is 0 Å². The number of halogens is 1. The van der Waals surface area contributed by atoms with Crippen molar-refractivity contribution in [3.63, 3.8) is 0 Å². The molecule has 0 radical (unpaired) electrons. The van der Waals surface area contributed by atoms with E-state index in [0.29, 0.717) is 5.56 Å². The van der Waals surface area contributed by atoms with Crippen molar-refractivity contribution in [2.24, 2.45) is 0 Å². The molecule has 1 unspecified atom stereocenters. The zero-order valence-electron chi connectivity index (χ0n) is 16.6. The normalized spacial score (nSPS) is 11.7. The van der Waals surface area contributed by atoms with E-state index in [-0.39, 0.29) is 12.4 Å². The highest BCUT2D eigenvalue weighted by molar-refractivity contribution is 7.40. The first kappa shape index (κ1) is 22.6. The van der Waals surface area contributed by atoms with E-state index in [2.05, 4.69) is 0 Å². The Morgan fingerprint density at radius 2 is 1.86 bits per heavy atom. The molecule has 152 valence electrons. The summed E-state index contributed by atoms with van der Waals surface area (Å²) in [5, 5.41) is 8.55. The van der Waals surface area contributed by atoms with Crippen molar-refractivity contribution in [3.05, 3.63) is 64.5 Å². The summed E-state index contributed by atoms with van der Waals surface area (Å²) in [6, 6.07) is 9.02. The van der Waals surface area contributed by atoms with Crippen LogP contribution in [0.3, 0.4) is 0 Å². The molecular formula is C22H23FO5P+. The Morgan fingerprint density at radius 1 is 1.14 bits per heavy atom. The summed E-state index contributed by atoms with van der Waals surface area (Å²) >= 11 is 0. The van der Waals surface area contributed by atoms with Crippen molar-refractivity contribution >= 4 is 25.9 Å². The molecule has 0 aliphatic carbocycles. The Morgan fingerprint density at radius 3 is 2.52 bits per heavy atom. The quantitative estimate of drug-likeness (QED) is 0.446. The van der Waals surface area contributed by atoms with Crippen LogP contribution in [0, 0.1) is 26.6 Å². The van der Waals surface area contributed by atoms with Gasteiger partial charge in [0.1, 0.15) is 18.8 Å². The third kappa shape index (κ3) is 6.70. The van der Waals surface area contributed by atoms with E-state index in [0.717, 1.165) is 27.8 Å². The van der Waals surface area contributed by atoms with Gasteiger partial charge in [-0.05, 0) is 65.3 Å². The molecule has 7 heteroatoms. The van der Waals surface area contributed by atoms with Crippen LogP contribution in [-0.2, 0) is 18.7 Å². The van der Waals surface area contributed by atoms with E-state index in [9.17, 15) is 18.5 Å². The number of carboxylic acid groups (broad SMARTS) is 1. The summed E-state index contributed by atoms with van der Waals surface area (Å²) in [6.45, 7) is 5.69. The van der Waals surface area contributed by atoms with Crippen LogP contribution in [0.2, 0.25) is 0 Å². The lowest BCUT2D eigenvalue weighted by molar-refractivity contribution is -0.139. The number of carboxylic acids is 1. The minimum absolute atomic E-state index is 0.0186. The summed E-state index contributed by atoms with van der Waals surface area (Å²) in [6.07, 6.45) is 2.44. The number of aryl methyl sites for hydroxylation is 3. The van der Waals surface area contributed by atoms with E-state index in [1.54, 1.807) is 25.1 Å². The Hall–Kier alpha value is -2.69. The van der Waals surface area contributed by atoms with Crippen LogP contribution < -0.4 is 0 Å². The number of carbonyl (C=O) groups excluding carboxylic acids is 1. The standard InChI is InChI=1S/C22H22FO5P/c1-14-9-15(2)19(20(10-14)17-6-7-21(23)16(3)11-17)5-4-8-28-29(27)13-18(24)12-22(25)26/h4-7,9-11H,8,12-13H2,1-3H3/p+1. The number of benzene rings is 2. The lowest BCUT2D eigenvalue weighted by Gasteiger charge is -2.12. The average Bonchev–Trinajstić information content (AvgIpc) is 2.61. The Balaban J connectivity index is 2.14. The highest BCUT2D eigenvalue weighted by atomic mass is 31.1. The zero-order valence-corrected chi connectivity index (χ0v) is 17.5. The number of hydrogen-bond acceptors (Lipinski definition) is 4. The largest absolute Gasteiger partial charge is 0.516 e. The van der Waals surface area contributed by atoms with Crippen molar-refractivity contribution < 1.29 is 28.2 Å². The molecule has 0 aliphatic rings. The van der Waals surface area contributed by atoms with Crippen LogP contribution in [0.15, 0.2) is 36.4 Å².